The number of allylic oxidation sites excluding steroid dienone is 4. The highest BCUT2D eigenvalue weighted by molar-refractivity contribution is 5.89. The lowest BCUT2D eigenvalue weighted by Gasteiger charge is -2.14. The van der Waals surface area contributed by atoms with Crippen LogP contribution >= 0.6 is 0 Å². The predicted molar refractivity (Wildman–Crippen MR) is 111 cm³/mol. The zero-order valence-corrected chi connectivity index (χ0v) is 15.6. The van der Waals surface area contributed by atoms with Crippen LogP contribution in [0.15, 0.2) is 72.8 Å². The van der Waals surface area contributed by atoms with Crippen LogP contribution in [0.25, 0.3) is 16.5 Å². The molecular weight excluding hydrogens is 334 g/mol. The maximum absolute atomic E-state index is 13.4. The maximum Gasteiger partial charge on any atom is 0.264 e. The lowest BCUT2D eigenvalue weighted by atomic mass is 10.0. The van der Waals surface area contributed by atoms with Crippen LogP contribution in [0.1, 0.15) is 23.7 Å². The van der Waals surface area contributed by atoms with E-state index in [0.29, 0.717) is 16.6 Å². The number of rotatable bonds is 4. The van der Waals surface area contributed by atoms with E-state index in [4.69, 9.17) is 0 Å². The van der Waals surface area contributed by atoms with Crippen molar-refractivity contribution in [2.45, 2.75) is 13.3 Å². The molecule has 0 aliphatic rings. The van der Waals surface area contributed by atoms with Crippen molar-refractivity contribution in [2.24, 2.45) is 7.05 Å². The standard InChI is InChI=1S/C23H21N3O/c1-5-9-20(6-2)26-21(7-3)14-19-11-8-10-18(22(19)23(26)27)13-12-17-15-24-25(4)16-17/h5-6,8-11,14-16H,1-2,7H2,3-4H3/b20-9+. The van der Waals surface area contributed by atoms with Gasteiger partial charge in [0.05, 0.1) is 17.1 Å². The third kappa shape index (κ3) is 3.54. The van der Waals surface area contributed by atoms with Gasteiger partial charge in [0, 0.05) is 30.2 Å². The van der Waals surface area contributed by atoms with Gasteiger partial charge in [-0.15, -0.1) is 0 Å². The quantitative estimate of drug-likeness (QED) is 0.526. The first-order chi connectivity index (χ1) is 13.1. The Labute approximate surface area is 158 Å². The highest BCUT2D eigenvalue weighted by atomic mass is 16.1. The van der Waals surface area contributed by atoms with Crippen molar-refractivity contribution in [3.05, 3.63) is 95.2 Å². The van der Waals surface area contributed by atoms with Gasteiger partial charge in [-0.1, -0.05) is 50.1 Å². The van der Waals surface area contributed by atoms with E-state index in [1.54, 1.807) is 33.7 Å². The Kier molecular flexibility index (Phi) is 5.23. The molecule has 0 N–H and O–H groups in total. The highest BCUT2D eigenvalue weighted by Gasteiger charge is 2.12. The average Bonchev–Trinajstić information content (AvgIpc) is 3.09. The Morgan fingerprint density at radius 3 is 2.74 bits per heavy atom. The van der Waals surface area contributed by atoms with E-state index in [2.05, 4.69) is 30.1 Å². The molecule has 0 unspecified atom stereocenters. The monoisotopic (exact) mass is 355 g/mol. The second-order valence-corrected chi connectivity index (χ2v) is 6.08. The van der Waals surface area contributed by atoms with E-state index in [0.717, 1.165) is 23.1 Å². The summed E-state index contributed by atoms with van der Waals surface area (Å²) in [6.07, 6.45) is 9.37. The van der Waals surface area contributed by atoms with E-state index in [1.165, 1.54) is 0 Å². The van der Waals surface area contributed by atoms with E-state index in [1.807, 2.05) is 44.4 Å². The predicted octanol–water partition coefficient (Wildman–Crippen LogP) is 3.91. The van der Waals surface area contributed by atoms with Gasteiger partial charge >= 0.3 is 0 Å². The summed E-state index contributed by atoms with van der Waals surface area (Å²) in [5.74, 6) is 6.21. The topological polar surface area (TPSA) is 39.8 Å². The Morgan fingerprint density at radius 2 is 2.11 bits per heavy atom. The summed E-state index contributed by atoms with van der Waals surface area (Å²) < 4.78 is 3.39. The first-order valence-electron chi connectivity index (χ1n) is 8.73. The van der Waals surface area contributed by atoms with E-state index in [-0.39, 0.29) is 5.56 Å². The Morgan fingerprint density at radius 1 is 1.30 bits per heavy atom. The number of fused-ring (bicyclic) bond motifs is 1. The number of benzene rings is 1. The zero-order chi connectivity index (χ0) is 19.4. The second kappa shape index (κ2) is 7.76. The first-order valence-corrected chi connectivity index (χ1v) is 8.73. The third-order valence-electron chi connectivity index (χ3n) is 4.29. The molecule has 4 nitrogen and oxygen atoms in total. The number of nitrogens with zero attached hydrogens (tertiary/aromatic N) is 3. The molecule has 0 atom stereocenters. The number of aryl methyl sites for hydroxylation is 2. The van der Waals surface area contributed by atoms with Crippen LogP contribution < -0.4 is 5.56 Å². The molecule has 4 heteroatoms. The molecule has 3 rings (SSSR count). The molecule has 27 heavy (non-hydrogen) atoms. The van der Waals surface area contributed by atoms with Gasteiger partial charge in [-0.05, 0) is 36.1 Å². The molecule has 1 aromatic carbocycles. The van der Waals surface area contributed by atoms with Crippen molar-refractivity contribution >= 4 is 16.5 Å². The minimum atomic E-state index is -0.103. The number of hydrogen-bond donors (Lipinski definition) is 0. The zero-order valence-electron chi connectivity index (χ0n) is 15.6. The van der Waals surface area contributed by atoms with Crippen LogP contribution in [0.2, 0.25) is 0 Å². The van der Waals surface area contributed by atoms with Gasteiger partial charge in [-0.3, -0.25) is 14.0 Å². The Balaban J connectivity index is 2.31. The largest absolute Gasteiger partial charge is 0.281 e. The van der Waals surface area contributed by atoms with Crippen LogP contribution in [0.3, 0.4) is 0 Å². The normalized spacial score (nSPS) is 11.1. The molecule has 0 saturated heterocycles. The number of hydrogen-bond acceptors (Lipinski definition) is 2. The molecule has 0 radical (unpaired) electrons. The Hall–Kier alpha value is -3.58. The minimum absolute atomic E-state index is 0.103. The fourth-order valence-electron chi connectivity index (χ4n) is 3.04. The molecule has 134 valence electrons. The van der Waals surface area contributed by atoms with Gasteiger partial charge in [0.15, 0.2) is 0 Å². The van der Waals surface area contributed by atoms with Crippen molar-refractivity contribution in [3.8, 4) is 11.8 Å². The van der Waals surface area contributed by atoms with Crippen molar-refractivity contribution < 1.29 is 0 Å². The van der Waals surface area contributed by atoms with Gasteiger partial charge < -0.3 is 0 Å². The molecule has 2 aromatic heterocycles. The SMILES string of the molecule is C=C/C=C(\C=C)n1c(CC)cc2cccc(C#Cc3cnn(C)c3)c2c1=O. The van der Waals surface area contributed by atoms with E-state index < -0.39 is 0 Å². The summed E-state index contributed by atoms with van der Waals surface area (Å²) in [6, 6.07) is 7.77. The summed E-state index contributed by atoms with van der Waals surface area (Å²) in [4.78, 5) is 13.4. The molecular formula is C23H21N3O. The molecule has 3 aromatic rings. The molecule has 0 fully saturated rings. The minimum Gasteiger partial charge on any atom is -0.281 e. The lowest BCUT2D eigenvalue weighted by molar-refractivity contribution is 0.767. The summed E-state index contributed by atoms with van der Waals surface area (Å²) in [5, 5.41) is 5.60. The van der Waals surface area contributed by atoms with Crippen LogP contribution in [0.4, 0.5) is 0 Å². The van der Waals surface area contributed by atoms with Crippen molar-refractivity contribution in [2.75, 3.05) is 0 Å². The molecule has 0 spiro atoms. The molecule has 0 aliphatic heterocycles. The summed E-state index contributed by atoms with van der Waals surface area (Å²) in [7, 11) is 1.84. The first kappa shape index (κ1) is 18.2. The average molecular weight is 355 g/mol. The van der Waals surface area contributed by atoms with Crippen LogP contribution in [0, 0.1) is 11.8 Å². The fraction of sp³-hybridized carbons (Fsp3) is 0.130. The van der Waals surface area contributed by atoms with Gasteiger partial charge in [0.2, 0.25) is 0 Å². The number of aromatic nitrogens is 3. The Bertz CT molecular complexity index is 1180. The van der Waals surface area contributed by atoms with Gasteiger partial charge in [-0.25, -0.2) is 0 Å². The third-order valence-corrected chi connectivity index (χ3v) is 4.29. The van der Waals surface area contributed by atoms with E-state index >= 15 is 0 Å². The molecule has 2 heterocycles. The van der Waals surface area contributed by atoms with Gasteiger partial charge in [0.1, 0.15) is 0 Å². The van der Waals surface area contributed by atoms with Crippen LogP contribution in [-0.2, 0) is 13.5 Å². The summed E-state index contributed by atoms with van der Waals surface area (Å²) >= 11 is 0. The molecule has 0 amide bonds. The van der Waals surface area contributed by atoms with Gasteiger partial charge in [-0.2, -0.15) is 5.10 Å². The van der Waals surface area contributed by atoms with Crippen molar-refractivity contribution in [3.63, 3.8) is 0 Å². The molecule has 0 bridgehead atoms. The van der Waals surface area contributed by atoms with Gasteiger partial charge in [0.25, 0.3) is 5.56 Å². The van der Waals surface area contributed by atoms with Crippen LogP contribution in [-0.4, -0.2) is 14.3 Å². The fourth-order valence-corrected chi connectivity index (χ4v) is 3.04. The lowest BCUT2D eigenvalue weighted by Crippen LogP contribution is -2.23. The maximum atomic E-state index is 13.4. The summed E-state index contributed by atoms with van der Waals surface area (Å²) in [6.45, 7) is 9.60. The van der Waals surface area contributed by atoms with Crippen LogP contribution in [0.5, 0.6) is 0 Å². The van der Waals surface area contributed by atoms with E-state index in [9.17, 15) is 4.79 Å². The number of pyridine rings is 1. The highest BCUT2D eigenvalue weighted by Crippen LogP contribution is 2.19. The molecule has 0 aliphatic carbocycles. The van der Waals surface area contributed by atoms with Crippen molar-refractivity contribution in [1.29, 1.82) is 0 Å². The summed E-state index contributed by atoms with van der Waals surface area (Å²) in [5.41, 5.74) is 3.01. The smallest absolute Gasteiger partial charge is 0.264 e. The molecule has 0 saturated carbocycles. The second-order valence-electron chi connectivity index (χ2n) is 6.08. The van der Waals surface area contributed by atoms with Crippen molar-refractivity contribution in [1.82, 2.24) is 14.3 Å².